The van der Waals surface area contributed by atoms with E-state index in [9.17, 15) is 9.59 Å². The van der Waals surface area contributed by atoms with E-state index in [-0.39, 0.29) is 11.8 Å². The van der Waals surface area contributed by atoms with Crippen molar-refractivity contribution in [2.45, 2.75) is 64.7 Å². The predicted octanol–water partition coefficient (Wildman–Crippen LogP) is 4.92. The molecule has 6 nitrogen and oxygen atoms in total. The molecule has 1 heterocycles. The number of nitrogens with zero attached hydrogens (tertiary/aromatic N) is 3. The summed E-state index contributed by atoms with van der Waals surface area (Å²) in [6.07, 6.45) is 13.1. The van der Waals surface area contributed by atoms with Crippen LogP contribution >= 0.6 is 0 Å². The fourth-order valence-electron chi connectivity index (χ4n) is 4.05. The van der Waals surface area contributed by atoms with Crippen LogP contribution in [0, 0.1) is 12.8 Å². The number of unbranched alkanes of at least 4 members (excludes halogenated alkanes) is 2. The Morgan fingerprint density at radius 2 is 2.03 bits per heavy atom. The molecule has 3 rings (SSSR count). The number of allylic oxidation sites excluding steroid dienone is 1. The third-order valence-corrected chi connectivity index (χ3v) is 5.61. The highest BCUT2D eigenvalue weighted by Crippen LogP contribution is 2.28. The van der Waals surface area contributed by atoms with Gasteiger partial charge in [-0.15, -0.1) is 0 Å². The minimum Gasteiger partial charge on any atom is -0.339 e. The van der Waals surface area contributed by atoms with Crippen molar-refractivity contribution in [3.05, 3.63) is 47.6 Å². The third-order valence-electron chi connectivity index (χ3n) is 5.61. The van der Waals surface area contributed by atoms with Crippen LogP contribution in [0.2, 0.25) is 0 Å². The molecule has 1 amide bonds. The molecule has 0 saturated heterocycles. The van der Waals surface area contributed by atoms with Crippen LogP contribution in [0.15, 0.2) is 34.9 Å². The topological polar surface area (TPSA) is 76.3 Å². The molecular weight excluding hydrogens is 378 g/mol. The summed E-state index contributed by atoms with van der Waals surface area (Å²) in [5, 5.41) is 3.82. The van der Waals surface area contributed by atoms with Crippen LogP contribution in [0.25, 0.3) is 6.08 Å². The maximum absolute atomic E-state index is 13.3. The first-order chi connectivity index (χ1) is 14.7. The minimum absolute atomic E-state index is 0.120. The first-order valence-electron chi connectivity index (χ1n) is 11.0. The minimum atomic E-state index is 0.120. The fraction of sp³-hybridized carbons (Fsp3) is 0.500. The van der Waals surface area contributed by atoms with Crippen molar-refractivity contribution in [1.29, 1.82) is 0 Å². The summed E-state index contributed by atoms with van der Waals surface area (Å²) in [7, 11) is 0. The number of benzene rings is 1. The lowest BCUT2D eigenvalue weighted by Crippen LogP contribution is -2.38. The van der Waals surface area contributed by atoms with E-state index in [2.05, 4.69) is 10.1 Å². The van der Waals surface area contributed by atoms with Crippen LogP contribution < -0.4 is 4.90 Å². The number of aldehydes is 1. The van der Waals surface area contributed by atoms with Gasteiger partial charge in [0.25, 0.3) is 0 Å². The quantitative estimate of drug-likeness (QED) is 0.316. The van der Waals surface area contributed by atoms with Crippen LogP contribution in [0.5, 0.6) is 0 Å². The van der Waals surface area contributed by atoms with Crippen molar-refractivity contribution in [1.82, 2.24) is 10.1 Å². The predicted molar refractivity (Wildman–Crippen MR) is 117 cm³/mol. The lowest BCUT2D eigenvalue weighted by molar-refractivity contribution is -0.123. The van der Waals surface area contributed by atoms with Gasteiger partial charge in [-0.1, -0.05) is 49.0 Å². The molecule has 1 aliphatic rings. The maximum Gasteiger partial charge on any atom is 0.230 e. The van der Waals surface area contributed by atoms with Crippen molar-refractivity contribution < 1.29 is 14.1 Å². The summed E-state index contributed by atoms with van der Waals surface area (Å²) in [5.41, 5.74) is 1.83. The van der Waals surface area contributed by atoms with Crippen molar-refractivity contribution in [3.8, 4) is 0 Å². The van der Waals surface area contributed by atoms with Gasteiger partial charge in [0.1, 0.15) is 6.29 Å². The number of hydrogen-bond acceptors (Lipinski definition) is 5. The Hall–Kier alpha value is -2.76. The van der Waals surface area contributed by atoms with E-state index < -0.39 is 0 Å². The number of carbonyl (C=O) groups is 2. The highest BCUT2D eigenvalue weighted by atomic mass is 16.5. The van der Waals surface area contributed by atoms with Gasteiger partial charge in [0.2, 0.25) is 11.8 Å². The molecule has 1 aromatic heterocycles. The van der Waals surface area contributed by atoms with Gasteiger partial charge in [-0.3, -0.25) is 9.59 Å². The Balaban J connectivity index is 1.63. The van der Waals surface area contributed by atoms with Crippen LogP contribution in [0.3, 0.4) is 0 Å². The molecule has 6 heteroatoms. The number of aryl methyl sites for hydroxylation is 2. The highest BCUT2D eigenvalue weighted by molar-refractivity contribution is 5.95. The Bertz CT molecular complexity index is 853. The number of carbonyl (C=O) groups excluding carboxylic acids is 2. The van der Waals surface area contributed by atoms with Gasteiger partial charge in [0.15, 0.2) is 5.82 Å². The van der Waals surface area contributed by atoms with Gasteiger partial charge >= 0.3 is 0 Å². The van der Waals surface area contributed by atoms with E-state index in [1.165, 1.54) is 12.5 Å². The average molecular weight is 410 g/mol. The summed E-state index contributed by atoms with van der Waals surface area (Å²) in [4.78, 5) is 30.2. The Labute approximate surface area is 178 Å². The molecule has 0 radical (unpaired) electrons. The maximum atomic E-state index is 13.3. The molecule has 1 fully saturated rings. The number of hydrogen-bond donors (Lipinski definition) is 0. The van der Waals surface area contributed by atoms with Crippen LogP contribution in [-0.4, -0.2) is 28.9 Å². The second-order valence-electron chi connectivity index (χ2n) is 7.96. The standard InChI is InChI=1S/C24H31N3O3/c1-19-25-23(30-26-19)15-6-3-7-16-27(24(29)21-12-4-2-5-13-21)22-14-8-10-20(18-22)11-9-17-28/h8-11,14,17-18,21H,2-7,12-13,15-16H2,1H3/b11-9+. The van der Waals surface area contributed by atoms with Gasteiger partial charge in [-0.25, -0.2) is 0 Å². The van der Waals surface area contributed by atoms with E-state index in [1.54, 1.807) is 6.08 Å². The van der Waals surface area contributed by atoms with Crippen LogP contribution in [0.1, 0.15) is 68.6 Å². The molecule has 160 valence electrons. The van der Waals surface area contributed by atoms with Crippen molar-refractivity contribution >= 4 is 24.0 Å². The first kappa shape index (κ1) is 21.9. The Kier molecular flexibility index (Phi) is 8.36. The number of amides is 1. The normalized spacial score (nSPS) is 14.8. The molecule has 0 N–H and O–H groups in total. The van der Waals surface area contributed by atoms with Crippen molar-refractivity contribution in [2.24, 2.45) is 5.92 Å². The molecule has 0 unspecified atom stereocenters. The summed E-state index contributed by atoms with van der Waals surface area (Å²) >= 11 is 0. The molecule has 1 aromatic carbocycles. The molecule has 30 heavy (non-hydrogen) atoms. The zero-order valence-electron chi connectivity index (χ0n) is 17.8. The van der Waals surface area contributed by atoms with Gasteiger partial charge in [0, 0.05) is 24.6 Å². The zero-order chi connectivity index (χ0) is 21.2. The summed E-state index contributed by atoms with van der Waals surface area (Å²) < 4.78 is 5.17. The van der Waals surface area contributed by atoms with E-state index in [1.807, 2.05) is 36.1 Å². The van der Waals surface area contributed by atoms with Crippen LogP contribution in [-0.2, 0) is 16.0 Å². The SMILES string of the molecule is Cc1noc(CCCCCN(C(=O)C2CCCCC2)c2cccc(/C=C/C=O)c2)n1. The zero-order valence-corrected chi connectivity index (χ0v) is 17.8. The molecule has 0 spiro atoms. The molecule has 2 aromatic rings. The highest BCUT2D eigenvalue weighted by Gasteiger charge is 2.26. The largest absolute Gasteiger partial charge is 0.339 e. The lowest BCUT2D eigenvalue weighted by Gasteiger charge is -2.30. The van der Waals surface area contributed by atoms with Crippen molar-refractivity contribution in [2.75, 3.05) is 11.4 Å². The number of aromatic nitrogens is 2. The Morgan fingerprint density at radius 3 is 2.77 bits per heavy atom. The Morgan fingerprint density at radius 1 is 1.20 bits per heavy atom. The van der Waals surface area contributed by atoms with Gasteiger partial charge in [0.05, 0.1) is 0 Å². The van der Waals surface area contributed by atoms with Gasteiger partial charge in [-0.2, -0.15) is 4.98 Å². The monoisotopic (exact) mass is 409 g/mol. The molecule has 0 bridgehead atoms. The molecule has 0 atom stereocenters. The van der Waals surface area contributed by atoms with E-state index in [4.69, 9.17) is 4.52 Å². The summed E-state index contributed by atoms with van der Waals surface area (Å²) in [6.45, 7) is 2.51. The smallest absolute Gasteiger partial charge is 0.230 e. The number of anilines is 1. The van der Waals surface area contributed by atoms with Gasteiger partial charge < -0.3 is 9.42 Å². The van der Waals surface area contributed by atoms with Crippen LogP contribution in [0.4, 0.5) is 5.69 Å². The van der Waals surface area contributed by atoms with E-state index >= 15 is 0 Å². The molecule has 1 saturated carbocycles. The summed E-state index contributed by atoms with van der Waals surface area (Å²) in [5.74, 6) is 1.70. The van der Waals surface area contributed by atoms with E-state index in [0.717, 1.165) is 68.9 Å². The molecule has 1 aliphatic carbocycles. The first-order valence-corrected chi connectivity index (χ1v) is 11.0. The van der Waals surface area contributed by atoms with Gasteiger partial charge in [-0.05, 0) is 56.4 Å². The molecule has 0 aliphatic heterocycles. The third kappa shape index (κ3) is 6.37. The lowest BCUT2D eigenvalue weighted by atomic mass is 9.88. The average Bonchev–Trinajstić information content (AvgIpc) is 3.20. The second kappa shape index (κ2) is 11.4. The van der Waals surface area contributed by atoms with Crippen molar-refractivity contribution in [3.63, 3.8) is 0 Å². The summed E-state index contributed by atoms with van der Waals surface area (Å²) in [6, 6.07) is 7.86. The second-order valence-corrected chi connectivity index (χ2v) is 7.96. The fourth-order valence-corrected chi connectivity index (χ4v) is 4.05. The van der Waals surface area contributed by atoms with E-state index in [0.29, 0.717) is 18.3 Å². The number of rotatable bonds is 10. The molecular formula is C24H31N3O3.